The van der Waals surface area contributed by atoms with Crippen molar-refractivity contribution < 1.29 is 0 Å². The molecule has 1 aromatic rings. The number of nitrogens with one attached hydrogen (secondary N) is 1. The van der Waals surface area contributed by atoms with Gasteiger partial charge in [-0.05, 0) is 25.0 Å². The molecule has 0 amide bonds. The highest BCUT2D eigenvalue weighted by Gasteiger charge is 2.35. The lowest BCUT2D eigenvalue weighted by atomic mass is 10.0. The lowest BCUT2D eigenvalue weighted by molar-refractivity contribution is 0.479. The Morgan fingerprint density at radius 1 is 1.41 bits per heavy atom. The molecule has 1 N–H and O–H groups in total. The number of rotatable bonds is 2. The van der Waals surface area contributed by atoms with E-state index >= 15 is 0 Å². The summed E-state index contributed by atoms with van der Waals surface area (Å²) in [5.41, 5.74) is 1.67. The molecule has 1 aromatic carbocycles. The maximum Gasteiger partial charge on any atom is 0.153 e. The van der Waals surface area contributed by atoms with Crippen LogP contribution in [0.4, 0.5) is 0 Å². The predicted octanol–water partition coefficient (Wildman–Crippen LogP) is 3.65. The molecule has 2 rings (SSSR count). The van der Waals surface area contributed by atoms with Crippen LogP contribution in [0.5, 0.6) is 0 Å². The molecule has 0 fully saturated rings. The van der Waals surface area contributed by atoms with Crippen molar-refractivity contribution in [1.29, 1.82) is 0 Å². The third-order valence-corrected chi connectivity index (χ3v) is 3.67. The van der Waals surface area contributed by atoms with Gasteiger partial charge in [0.15, 0.2) is 5.66 Å². The summed E-state index contributed by atoms with van der Waals surface area (Å²) >= 11 is 8.83. The predicted molar refractivity (Wildman–Crippen MR) is 79.5 cm³/mol. The Bertz CT molecular complexity index is 496. The minimum absolute atomic E-state index is 0.351. The van der Waals surface area contributed by atoms with Crippen molar-refractivity contribution in [1.82, 2.24) is 5.32 Å². The Labute approximate surface area is 116 Å². The minimum Gasteiger partial charge on any atom is -0.347 e. The topological polar surface area (TPSA) is 24.4 Å². The third kappa shape index (κ3) is 2.43. The second kappa shape index (κ2) is 4.50. The summed E-state index contributed by atoms with van der Waals surface area (Å²) in [6, 6.07) is 8.15. The van der Waals surface area contributed by atoms with Crippen molar-refractivity contribution in [3.8, 4) is 0 Å². The molecule has 1 aliphatic rings. The smallest absolute Gasteiger partial charge is 0.153 e. The summed E-state index contributed by atoms with van der Waals surface area (Å²) < 4.78 is 1.05. The fourth-order valence-electron chi connectivity index (χ4n) is 1.92. The van der Waals surface area contributed by atoms with Gasteiger partial charge in [0.05, 0.1) is 5.71 Å². The average molecular weight is 311 g/mol. The molecule has 1 atom stereocenters. The minimum atomic E-state index is -0.430. The first kappa shape index (κ1) is 12.7. The number of halogens is 1. The van der Waals surface area contributed by atoms with Crippen LogP contribution in [0.15, 0.2) is 33.7 Å². The van der Waals surface area contributed by atoms with Crippen LogP contribution in [0.2, 0.25) is 0 Å². The summed E-state index contributed by atoms with van der Waals surface area (Å²) in [5, 5.41) is 3.31. The Balaban J connectivity index is 2.43. The van der Waals surface area contributed by atoms with E-state index in [1.165, 1.54) is 0 Å². The average Bonchev–Trinajstić information content (AvgIpc) is 2.56. The third-order valence-electron chi connectivity index (χ3n) is 2.87. The van der Waals surface area contributed by atoms with E-state index in [0.29, 0.717) is 5.92 Å². The van der Waals surface area contributed by atoms with Crippen LogP contribution in [0.3, 0.4) is 0 Å². The molecule has 0 aliphatic carbocycles. The lowest BCUT2D eigenvalue weighted by Crippen LogP contribution is -2.36. The Hall–Kier alpha value is -0.740. The fourth-order valence-corrected chi connectivity index (χ4v) is 2.80. The second-order valence-electron chi connectivity index (χ2n) is 4.69. The van der Waals surface area contributed by atoms with Crippen molar-refractivity contribution in [3.63, 3.8) is 0 Å². The standard InChI is InChI=1S/C13H15BrN2S/c1-8(2)11-12(17)16-13(3,15-11)9-5-4-6-10(14)7-9/h4-8H,1-3H3,(H,16,17). The van der Waals surface area contributed by atoms with E-state index < -0.39 is 5.66 Å². The maximum atomic E-state index is 5.34. The Morgan fingerprint density at radius 2 is 2.12 bits per heavy atom. The van der Waals surface area contributed by atoms with Gasteiger partial charge in [0.1, 0.15) is 4.99 Å². The molecule has 0 radical (unpaired) electrons. The number of nitrogens with zero attached hydrogens (tertiary/aromatic N) is 1. The highest BCUT2D eigenvalue weighted by atomic mass is 79.9. The van der Waals surface area contributed by atoms with Gasteiger partial charge < -0.3 is 5.32 Å². The molecule has 0 saturated heterocycles. The zero-order chi connectivity index (χ0) is 12.6. The summed E-state index contributed by atoms with van der Waals surface area (Å²) in [5.74, 6) is 0.351. The van der Waals surface area contributed by atoms with Crippen molar-refractivity contribution in [2.24, 2.45) is 10.9 Å². The van der Waals surface area contributed by atoms with Gasteiger partial charge in [0.2, 0.25) is 0 Å². The largest absolute Gasteiger partial charge is 0.347 e. The van der Waals surface area contributed by atoms with Crippen LogP contribution in [-0.4, -0.2) is 10.7 Å². The number of benzene rings is 1. The van der Waals surface area contributed by atoms with Crippen LogP contribution >= 0.6 is 28.1 Å². The van der Waals surface area contributed by atoms with Gasteiger partial charge in [-0.15, -0.1) is 0 Å². The van der Waals surface area contributed by atoms with Crippen LogP contribution < -0.4 is 5.32 Å². The zero-order valence-corrected chi connectivity index (χ0v) is 12.5. The van der Waals surface area contributed by atoms with Gasteiger partial charge in [-0.1, -0.05) is 54.1 Å². The maximum absolute atomic E-state index is 5.34. The molecular formula is C13H15BrN2S. The SMILES string of the molecule is CC(C)C1=NC(C)(c2cccc(Br)c2)NC1=S. The molecule has 17 heavy (non-hydrogen) atoms. The van der Waals surface area contributed by atoms with Gasteiger partial charge in [0.25, 0.3) is 0 Å². The summed E-state index contributed by atoms with van der Waals surface area (Å²) in [7, 11) is 0. The molecule has 1 aliphatic heterocycles. The number of hydrogen-bond donors (Lipinski definition) is 1. The van der Waals surface area contributed by atoms with E-state index in [9.17, 15) is 0 Å². The van der Waals surface area contributed by atoms with Crippen molar-refractivity contribution in [2.75, 3.05) is 0 Å². The number of thiocarbonyl (C=S) groups is 1. The summed E-state index contributed by atoms with van der Waals surface area (Å²) in [6.45, 7) is 6.27. The van der Waals surface area contributed by atoms with E-state index in [1.54, 1.807) is 0 Å². The fraction of sp³-hybridized carbons (Fsp3) is 0.385. The van der Waals surface area contributed by atoms with Crippen molar-refractivity contribution in [3.05, 3.63) is 34.3 Å². The molecule has 0 bridgehead atoms. The van der Waals surface area contributed by atoms with E-state index in [2.05, 4.69) is 54.2 Å². The molecule has 0 spiro atoms. The molecule has 1 unspecified atom stereocenters. The quantitative estimate of drug-likeness (QED) is 0.843. The summed E-state index contributed by atoms with van der Waals surface area (Å²) in [6.07, 6.45) is 0. The molecule has 2 nitrogen and oxygen atoms in total. The first-order valence-electron chi connectivity index (χ1n) is 5.61. The van der Waals surface area contributed by atoms with Gasteiger partial charge in [-0.2, -0.15) is 0 Å². The Kier molecular flexibility index (Phi) is 3.36. The van der Waals surface area contributed by atoms with E-state index in [1.807, 2.05) is 12.1 Å². The van der Waals surface area contributed by atoms with Crippen molar-refractivity contribution >= 4 is 38.8 Å². The molecular weight excluding hydrogens is 296 g/mol. The molecule has 0 saturated carbocycles. The number of hydrogen-bond acceptors (Lipinski definition) is 2. The van der Waals surface area contributed by atoms with Crippen LogP contribution in [0, 0.1) is 5.92 Å². The molecule has 1 heterocycles. The van der Waals surface area contributed by atoms with Crippen LogP contribution in [-0.2, 0) is 5.66 Å². The first-order valence-corrected chi connectivity index (χ1v) is 6.81. The summed E-state index contributed by atoms with van der Waals surface area (Å²) in [4.78, 5) is 5.52. The Morgan fingerprint density at radius 3 is 2.65 bits per heavy atom. The lowest BCUT2D eigenvalue weighted by Gasteiger charge is -2.22. The van der Waals surface area contributed by atoms with Gasteiger partial charge in [-0.3, -0.25) is 4.99 Å². The molecule has 0 aromatic heterocycles. The molecule has 4 heteroatoms. The van der Waals surface area contributed by atoms with Crippen LogP contribution in [0.25, 0.3) is 0 Å². The number of aliphatic imine (C=N–C) groups is 1. The monoisotopic (exact) mass is 310 g/mol. The van der Waals surface area contributed by atoms with E-state index in [-0.39, 0.29) is 0 Å². The van der Waals surface area contributed by atoms with Crippen molar-refractivity contribution in [2.45, 2.75) is 26.4 Å². The first-order chi connectivity index (χ1) is 7.92. The normalized spacial score (nSPS) is 23.8. The van der Waals surface area contributed by atoms with E-state index in [0.717, 1.165) is 20.7 Å². The zero-order valence-electron chi connectivity index (χ0n) is 10.1. The second-order valence-corrected chi connectivity index (χ2v) is 6.01. The van der Waals surface area contributed by atoms with Crippen LogP contribution in [0.1, 0.15) is 26.3 Å². The highest BCUT2D eigenvalue weighted by Crippen LogP contribution is 2.29. The highest BCUT2D eigenvalue weighted by molar-refractivity contribution is 9.10. The van der Waals surface area contributed by atoms with Gasteiger partial charge in [0, 0.05) is 10.0 Å². The van der Waals surface area contributed by atoms with E-state index in [4.69, 9.17) is 17.2 Å². The van der Waals surface area contributed by atoms with Gasteiger partial charge >= 0.3 is 0 Å². The van der Waals surface area contributed by atoms with Gasteiger partial charge in [-0.25, -0.2) is 0 Å². The molecule has 90 valence electrons.